The Kier molecular flexibility index (Phi) is 2.59. The average Bonchev–Trinajstić information content (AvgIpc) is 2.37. The van der Waals surface area contributed by atoms with Crippen molar-refractivity contribution in [3.8, 4) is 11.5 Å². The molecule has 18 heavy (non-hydrogen) atoms. The fourth-order valence-electron chi connectivity index (χ4n) is 2.08. The minimum Gasteiger partial charge on any atom is -0.486 e. The zero-order valence-corrected chi connectivity index (χ0v) is 10.7. The summed E-state index contributed by atoms with van der Waals surface area (Å²) in [6.07, 6.45) is 0. The molecule has 0 atom stereocenters. The first-order valence-corrected chi connectivity index (χ1v) is 6.18. The molecule has 1 N–H and O–H groups in total. The summed E-state index contributed by atoms with van der Waals surface area (Å²) in [7, 11) is 0. The van der Waals surface area contributed by atoms with E-state index in [1.807, 2.05) is 6.92 Å². The van der Waals surface area contributed by atoms with Gasteiger partial charge in [-0.2, -0.15) is 0 Å². The quantitative estimate of drug-likeness (QED) is 0.799. The van der Waals surface area contributed by atoms with Crippen molar-refractivity contribution >= 4 is 23.1 Å². The largest absolute Gasteiger partial charge is 0.486 e. The third-order valence-electron chi connectivity index (χ3n) is 2.96. The standard InChI is InChI=1S/C12H12N2O3S/c1-2-14-11(15)7-5-9-10(17-4-3-16-9)6-8(7)13-12(14)18/h5-6H,2-4H2,1H3,(H,13,18). The van der Waals surface area contributed by atoms with Crippen molar-refractivity contribution in [2.75, 3.05) is 13.2 Å². The van der Waals surface area contributed by atoms with Crippen LogP contribution in [0, 0.1) is 4.77 Å². The molecule has 1 aliphatic heterocycles. The second kappa shape index (κ2) is 4.13. The fourth-order valence-corrected chi connectivity index (χ4v) is 2.40. The predicted octanol–water partition coefficient (Wildman–Crippen LogP) is 1.85. The predicted molar refractivity (Wildman–Crippen MR) is 70.1 cm³/mol. The molecule has 0 aliphatic carbocycles. The molecule has 2 aromatic rings. The molecule has 94 valence electrons. The number of fused-ring (bicyclic) bond motifs is 2. The maximum absolute atomic E-state index is 12.2. The van der Waals surface area contributed by atoms with Gasteiger partial charge in [0, 0.05) is 12.6 Å². The van der Waals surface area contributed by atoms with Crippen LogP contribution in [0.4, 0.5) is 0 Å². The van der Waals surface area contributed by atoms with E-state index >= 15 is 0 Å². The molecule has 0 unspecified atom stereocenters. The smallest absolute Gasteiger partial charge is 0.262 e. The highest BCUT2D eigenvalue weighted by atomic mass is 32.1. The number of aromatic nitrogens is 2. The minimum atomic E-state index is -0.103. The molecule has 6 heteroatoms. The molecule has 1 aromatic carbocycles. The van der Waals surface area contributed by atoms with Crippen molar-refractivity contribution in [1.29, 1.82) is 0 Å². The van der Waals surface area contributed by atoms with Crippen LogP contribution in [0.2, 0.25) is 0 Å². The van der Waals surface area contributed by atoms with Crippen LogP contribution in [0.25, 0.3) is 10.9 Å². The van der Waals surface area contributed by atoms with Gasteiger partial charge in [-0.3, -0.25) is 9.36 Å². The Balaban J connectivity index is 2.38. The van der Waals surface area contributed by atoms with Crippen LogP contribution in [-0.4, -0.2) is 22.8 Å². The zero-order valence-electron chi connectivity index (χ0n) is 9.86. The van der Waals surface area contributed by atoms with Gasteiger partial charge in [-0.05, 0) is 25.2 Å². The molecule has 0 bridgehead atoms. The van der Waals surface area contributed by atoms with Crippen LogP contribution < -0.4 is 15.0 Å². The Morgan fingerprint density at radius 1 is 1.33 bits per heavy atom. The van der Waals surface area contributed by atoms with Crippen LogP contribution in [-0.2, 0) is 6.54 Å². The van der Waals surface area contributed by atoms with Crippen molar-refractivity contribution in [3.05, 3.63) is 27.3 Å². The number of hydrogen-bond donors (Lipinski definition) is 1. The average molecular weight is 264 g/mol. The molecule has 0 spiro atoms. The number of nitrogens with zero attached hydrogens (tertiary/aromatic N) is 1. The molecule has 0 fully saturated rings. The molecular formula is C12H12N2O3S. The highest BCUT2D eigenvalue weighted by Gasteiger charge is 2.15. The maximum Gasteiger partial charge on any atom is 0.262 e. The van der Waals surface area contributed by atoms with Gasteiger partial charge >= 0.3 is 0 Å². The van der Waals surface area contributed by atoms with E-state index in [1.54, 1.807) is 12.1 Å². The lowest BCUT2D eigenvalue weighted by Gasteiger charge is -2.18. The van der Waals surface area contributed by atoms with Crippen molar-refractivity contribution in [3.63, 3.8) is 0 Å². The molecule has 1 aromatic heterocycles. The summed E-state index contributed by atoms with van der Waals surface area (Å²) in [6, 6.07) is 3.48. The first-order chi connectivity index (χ1) is 8.70. The number of aromatic amines is 1. The lowest BCUT2D eigenvalue weighted by atomic mass is 10.2. The van der Waals surface area contributed by atoms with Gasteiger partial charge in [-0.15, -0.1) is 0 Å². The van der Waals surface area contributed by atoms with E-state index in [1.165, 1.54) is 4.57 Å². The number of H-pyrrole nitrogens is 1. The fraction of sp³-hybridized carbons (Fsp3) is 0.333. The first kappa shape index (κ1) is 11.3. The summed E-state index contributed by atoms with van der Waals surface area (Å²) in [5.74, 6) is 1.26. The van der Waals surface area contributed by atoms with Crippen molar-refractivity contribution in [2.24, 2.45) is 0 Å². The van der Waals surface area contributed by atoms with E-state index in [4.69, 9.17) is 21.7 Å². The van der Waals surface area contributed by atoms with Gasteiger partial charge in [0.15, 0.2) is 16.3 Å². The van der Waals surface area contributed by atoms with Crippen LogP contribution in [0.5, 0.6) is 11.5 Å². The maximum atomic E-state index is 12.2. The van der Waals surface area contributed by atoms with E-state index in [0.29, 0.717) is 46.9 Å². The van der Waals surface area contributed by atoms with E-state index in [9.17, 15) is 4.79 Å². The Bertz CT molecular complexity index is 732. The molecule has 0 saturated heterocycles. The third-order valence-corrected chi connectivity index (χ3v) is 3.28. The molecule has 3 rings (SSSR count). The summed E-state index contributed by atoms with van der Waals surface area (Å²) in [5.41, 5.74) is 0.576. The van der Waals surface area contributed by atoms with E-state index < -0.39 is 0 Å². The lowest BCUT2D eigenvalue weighted by Crippen LogP contribution is -2.22. The van der Waals surface area contributed by atoms with Crippen molar-refractivity contribution in [1.82, 2.24) is 9.55 Å². The topological polar surface area (TPSA) is 56.2 Å². The minimum absolute atomic E-state index is 0.103. The molecule has 2 heterocycles. The number of ether oxygens (including phenoxy) is 2. The molecular weight excluding hydrogens is 252 g/mol. The van der Waals surface area contributed by atoms with Gasteiger partial charge in [0.1, 0.15) is 13.2 Å². The number of nitrogens with one attached hydrogen (secondary N) is 1. The highest BCUT2D eigenvalue weighted by Crippen LogP contribution is 2.32. The van der Waals surface area contributed by atoms with Gasteiger partial charge in [0.05, 0.1) is 10.9 Å². The number of rotatable bonds is 1. The SMILES string of the molecule is CCn1c(=S)[nH]c2cc3c(cc2c1=O)OCCO3. The number of hydrogen-bond acceptors (Lipinski definition) is 4. The number of benzene rings is 1. The van der Waals surface area contributed by atoms with Crippen LogP contribution in [0.3, 0.4) is 0 Å². The second-order valence-electron chi connectivity index (χ2n) is 4.02. The Morgan fingerprint density at radius 3 is 2.67 bits per heavy atom. The monoisotopic (exact) mass is 264 g/mol. The summed E-state index contributed by atoms with van der Waals surface area (Å²) in [4.78, 5) is 15.3. The van der Waals surface area contributed by atoms with Gasteiger partial charge in [-0.1, -0.05) is 0 Å². The van der Waals surface area contributed by atoms with Crippen molar-refractivity contribution < 1.29 is 9.47 Å². The van der Waals surface area contributed by atoms with Crippen LogP contribution in [0.1, 0.15) is 6.92 Å². The Labute approximate surface area is 108 Å². The highest BCUT2D eigenvalue weighted by molar-refractivity contribution is 7.71. The second-order valence-corrected chi connectivity index (χ2v) is 4.41. The molecule has 0 saturated carbocycles. The normalized spacial score (nSPS) is 13.8. The Morgan fingerprint density at radius 2 is 2.00 bits per heavy atom. The van der Waals surface area contributed by atoms with E-state index in [0.717, 1.165) is 0 Å². The summed E-state index contributed by atoms with van der Waals surface area (Å²) >= 11 is 5.16. The molecule has 5 nitrogen and oxygen atoms in total. The van der Waals surface area contributed by atoms with Crippen LogP contribution >= 0.6 is 12.2 Å². The molecule has 1 aliphatic rings. The van der Waals surface area contributed by atoms with Gasteiger partial charge in [0.25, 0.3) is 5.56 Å². The summed E-state index contributed by atoms with van der Waals surface area (Å²) < 4.78 is 12.9. The zero-order chi connectivity index (χ0) is 12.7. The van der Waals surface area contributed by atoms with Crippen LogP contribution in [0.15, 0.2) is 16.9 Å². The summed E-state index contributed by atoms with van der Waals surface area (Å²) in [6.45, 7) is 3.45. The van der Waals surface area contributed by atoms with Gasteiger partial charge < -0.3 is 14.5 Å². The molecule has 0 radical (unpaired) electrons. The Hall–Kier alpha value is -1.82. The van der Waals surface area contributed by atoms with Crippen molar-refractivity contribution in [2.45, 2.75) is 13.5 Å². The van der Waals surface area contributed by atoms with E-state index in [2.05, 4.69) is 4.98 Å². The lowest BCUT2D eigenvalue weighted by molar-refractivity contribution is 0.172. The van der Waals surface area contributed by atoms with E-state index in [-0.39, 0.29) is 5.56 Å². The first-order valence-electron chi connectivity index (χ1n) is 5.77. The van der Waals surface area contributed by atoms with Gasteiger partial charge in [0.2, 0.25) is 0 Å². The summed E-state index contributed by atoms with van der Waals surface area (Å²) in [5, 5.41) is 0.565. The molecule has 0 amide bonds. The third kappa shape index (κ3) is 1.60. The van der Waals surface area contributed by atoms with Gasteiger partial charge in [-0.25, -0.2) is 0 Å².